The molecule has 3 aromatic rings. The van der Waals surface area contributed by atoms with Gasteiger partial charge in [-0.2, -0.15) is 0 Å². The lowest BCUT2D eigenvalue weighted by atomic mass is 10.2. The van der Waals surface area contributed by atoms with Gasteiger partial charge in [-0.3, -0.25) is 0 Å². The number of benzene rings is 1. The summed E-state index contributed by atoms with van der Waals surface area (Å²) in [4.78, 5) is 4.06. The van der Waals surface area contributed by atoms with Crippen LogP contribution in [0, 0.1) is 0 Å². The maximum atomic E-state index is 5.54. The Morgan fingerprint density at radius 1 is 1.12 bits per heavy atom. The molecule has 0 aliphatic rings. The van der Waals surface area contributed by atoms with Crippen LogP contribution in [0.5, 0.6) is 0 Å². The Bertz CT molecular complexity index is 641. The fourth-order valence-corrected chi connectivity index (χ4v) is 1.74. The molecule has 2 N–H and O–H groups in total. The first-order valence-corrected chi connectivity index (χ1v) is 5.31. The van der Waals surface area contributed by atoms with E-state index in [1.165, 1.54) is 0 Å². The number of hydrogen-bond acceptors (Lipinski definition) is 4. The SMILES string of the molecule is Nc1ccc(Cn2nnc3ccccc32)cn1. The Morgan fingerprint density at radius 3 is 2.82 bits per heavy atom. The molecule has 0 aliphatic carbocycles. The van der Waals surface area contributed by atoms with Crippen LogP contribution >= 0.6 is 0 Å². The van der Waals surface area contributed by atoms with E-state index in [0.29, 0.717) is 12.4 Å². The summed E-state index contributed by atoms with van der Waals surface area (Å²) in [5, 5.41) is 8.22. The summed E-state index contributed by atoms with van der Waals surface area (Å²) in [7, 11) is 0. The zero-order valence-electron chi connectivity index (χ0n) is 9.11. The minimum absolute atomic E-state index is 0.525. The molecule has 84 valence electrons. The molecule has 0 unspecified atom stereocenters. The summed E-state index contributed by atoms with van der Waals surface area (Å²) in [6.07, 6.45) is 1.76. The van der Waals surface area contributed by atoms with E-state index in [-0.39, 0.29) is 0 Å². The molecule has 2 aromatic heterocycles. The smallest absolute Gasteiger partial charge is 0.123 e. The van der Waals surface area contributed by atoms with E-state index in [9.17, 15) is 0 Å². The average Bonchev–Trinajstić information content (AvgIpc) is 2.76. The number of aromatic nitrogens is 4. The van der Waals surface area contributed by atoms with Gasteiger partial charge in [0.25, 0.3) is 0 Å². The van der Waals surface area contributed by atoms with Gasteiger partial charge < -0.3 is 5.73 Å². The van der Waals surface area contributed by atoms with Crippen LogP contribution in [0.25, 0.3) is 11.0 Å². The zero-order valence-corrected chi connectivity index (χ0v) is 9.11. The third-order valence-electron chi connectivity index (χ3n) is 2.60. The highest BCUT2D eigenvalue weighted by atomic mass is 15.4. The topological polar surface area (TPSA) is 69.6 Å². The third kappa shape index (κ3) is 1.82. The van der Waals surface area contributed by atoms with Crippen LogP contribution in [0.4, 0.5) is 5.82 Å². The van der Waals surface area contributed by atoms with Crippen LogP contribution in [-0.4, -0.2) is 20.0 Å². The number of nitrogens with two attached hydrogens (primary N) is 1. The van der Waals surface area contributed by atoms with Crippen molar-refractivity contribution >= 4 is 16.9 Å². The molecule has 0 radical (unpaired) electrons. The van der Waals surface area contributed by atoms with Gasteiger partial charge in [-0.15, -0.1) is 5.10 Å². The number of nitrogen functional groups attached to an aromatic ring is 1. The monoisotopic (exact) mass is 225 g/mol. The summed E-state index contributed by atoms with van der Waals surface area (Å²) in [5.41, 5.74) is 8.51. The normalized spacial score (nSPS) is 10.8. The summed E-state index contributed by atoms with van der Waals surface area (Å²) >= 11 is 0. The van der Waals surface area contributed by atoms with Gasteiger partial charge in [-0.05, 0) is 23.8 Å². The molecule has 0 atom stereocenters. The van der Waals surface area contributed by atoms with Gasteiger partial charge in [0.15, 0.2) is 0 Å². The largest absolute Gasteiger partial charge is 0.384 e. The number of fused-ring (bicyclic) bond motifs is 1. The van der Waals surface area contributed by atoms with Crippen LogP contribution in [0.15, 0.2) is 42.6 Å². The van der Waals surface area contributed by atoms with Crippen LogP contribution in [0.2, 0.25) is 0 Å². The number of para-hydroxylation sites is 1. The lowest BCUT2D eigenvalue weighted by Gasteiger charge is -2.02. The van der Waals surface area contributed by atoms with Crippen molar-refractivity contribution in [1.82, 2.24) is 20.0 Å². The minimum Gasteiger partial charge on any atom is -0.384 e. The Labute approximate surface area is 97.9 Å². The van der Waals surface area contributed by atoms with E-state index >= 15 is 0 Å². The molecular formula is C12H11N5. The zero-order chi connectivity index (χ0) is 11.7. The Kier molecular flexibility index (Phi) is 2.22. The predicted molar refractivity (Wildman–Crippen MR) is 65.3 cm³/mol. The molecule has 1 aromatic carbocycles. The van der Waals surface area contributed by atoms with E-state index in [1.54, 1.807) is 12.3 Å². The maximum Gasteiger partial charge on any atom is 0.123 e. The molecule has 0 saturated heterocycles. The van der Waals surface area contributed by atoms with Crippen LogP contribution in [0.3, 0.4) is 0 Å². The van der Waals surface area contributed by atoms with Crippen LogP contribution in [-0.2, 0) is 6.54 Å². The first-order valence-electron chi connectivity index (χ1n) is 5.31. The predicted octanol–water partition coefficient (Wildman–Crippen LogP) is 1.46. The molecule has 5 nitrogen and oxygen atoms in total. The standard InChI is InChI=1S/C12H11N5/c13-12-6-5-9(7-14-12)8-17-11-4-2-1-3-10(11)15-16-17/h1-7H,8H2,(H2,13,14). The van der Waals surface area contributed by atoms with Crippen molar-refractivity contribution < 1.29 is 0 Å². The maximum absolute atomic E-state index is 5.54. The second-order valence-electron chi connectivity index (χ2n) is 3.83. The lowest BCUT2D eigenvalue weighted by Crippen LogP contribution is -2.02. The number of rotatable bonds is 2. The van der Waals surface area contributed by atoms with Gasteiger partial charge in [0.05, 0.1) is 12.1 Å². The Morgan fingerprint density at radius 2 is 2.00 bits per heavy atom. The van der Waals surface area contributed by atoms with E-state index in [2.05, 4.69) is 15.3 Å². The third-order valence-corrected chi connectivity index (χ3v) is 2.60. The molecule has 0 bridgehead atoms. The quantitative estimate of drug-likeness (QED) is 0.716. The summed E-state index contributed by atoms with van der Waals surface area (Å²) in [5.74, 6) is 0.525. The average molecular weight is 225 g/mol. The van der Waals surface area contributed by atoms with E-state index < -0.39 is 0 Å². The minimum atomic E-state index is 0.525. The van der Waals surface area contributed by atoms with Crippen molar-refractivity contribution in [1.29, 1.82) is 0 Å². The fourth-order valence-electron chi connectivity index (χ4n) is 1.74. The Balaban J connectivity index is 1.97. The highest BCUT2D eigenvalue weighted by Gasteiger charge is 2.03. The van der Waals surface area contributed by atoms with Gasteiger partial charge in [-0.25, -0.2) is 9.67 Å². The highest BCUT2D eigenvalue weighted by Crippen LogP contribution is 2.12. The number of nitrogens with zero attached hydrogens (tertiary/aromatic N) is 4. The lowest BCUT2D eigenvalue weighted by molar-refractivity contribution is 0.668. The van der Waals surface area contributed by atoms with E-state index in [0.717, 1.165) is 16.6 Å². The second kappa shape index (κ2) is 3.86. The molecule has 3 rings (SSSR count). The number of pyridine rings is 1. The van der Waals surface area contributed by atoms with Gasteiger partial charge in [-0.1, -0.05) is 23.4 Å². The van der Waals surface area contributed by atoms with Crippen molar-refractivity contribution in [3.05, 3.63) is 48.2 Å². The highest BCUT2D eigenvalue weighted by molar-refractivity contribution is 5.73. The number of anilines is 1. The molecular weight excluding hydrogens is 214 g/mol. The first kappa shape index (κ1) is 9.77. The van der Waals surface area contributed by atoms with Gasteiger partial charge in [0.2, 0.25) is 0 Å². The van der Waals surface area contributed by atoms with Crippen molar-refractivity contribution in [2.45, 2.75) is 6.54 Å². The second-order valence-corrected chi connectivity index (χ2v) is 3.83. The van der Waals surface area contributed by atoms with Crippen molar-refractivity contribution in [3.8, 4) is 0 Å². The molecule has 2 heterocycles. The molecule has 17 heavy (non-hydrogen) atoms. The first-order chi connectivity index (χ1) is 8.33. The molecule has 0 aliphatic heterocycles. The van der Waals surface area contributed by atoms with Crippen LogP contribution in [0.1, 0.15) is 5.56 Å². The van der Waals surface area contributed by atoms with Crippen LogP contribution < -0.4 is 5.73 Å². The van der Waals surface area contributed by atoms with Crippen molar-refractivity contribution in [3.63, 3.8) is 0 Å². The van der Waals surface area contributed by atoms with Crippen molar-refractivity contribution in [2.24, 2.45) is 0 Å². The Hall–Kier alpha value is -2.43. The van der Waals surface area contributed by atoms with E-state index in [4.69, 9.17) is 5.73 Å². The fraction of sp³-hybridized carbons (Fsp3) is 0.0833. The summed E-state index contributed by atoms with van der Waals surface area (Å²) in [6.45, 7) is 0.647. The van der Waals surface area contributed by atoms with Crippen molar-refractivity contribution in [2.75, 3.05) is 5.73 Å². The summed E-state index contributed by atoms with van der Waals surface area (Å²) < 4.78 is 1.85. The number of hydrogen-bond donors (Lipinski definition) is 1. The molecule has 5 heteroatoms. The molecule has 0 spiro atoms. The van der Waals surface area contributed by atoms with Gasteiger partial charge in [0.1, 0.15) is 11.3 Å². The van der Waals surface area contributed by atoms with Gasteiger partial charge in [0, 0.05) is 6.20 Å². The van der Waals surface area contributed by atoms with Gasteiger partial charge >= 0.3 is 0 Å². The molecule has 0 fully saturated rings. The molecule has 0 saturated carbocycles. The molecule has 0 amide bonds. The van der Waals surface area contributed by atoms with E-state index in [1.807, 2.05) is 35.0 Å². The summed E-state index contributed by atoms with van der Waals surface area (Å²) in [6, 6.07) is 11.6.